The standard InChI is InChI=1S/C13H17Cl2N/c14-12-7-3-2-6-11(12)13(15)10-16-8-4-1-5-9-16/h2-3,6-7,13H,1,4-5,8-10H2. The molecule has 1 aromatic rings. The Kier molecular flexibility index (Phi) is 4.51. The van der Waals surface area contributed by atoms with E-state index in [0.717, 1.165) is 17.1 Å². The van der Waals surface area contributed by atoms with E-state index in [1.807, 2.05) is 24.3 Å². The third kappa shape index (κ3) is 3.13. The van der Waals surface area contributed by atoms with Gasteiger partial charge in [0.05, 0.1) is 5.38 Å². The van der Waals surface area contributed by atoms with E-state index in [1.165, 1.54) is 32.4 Å². The van der Waals surface area contributed by atoms with Gasteiger partial charge in [-0.3, -0.25) is 0 Å². The monoisotopic (exact) mass is 257 g/mol. The van der Waals surface area contributed by atoms with Gasteiger partial charge in [-0.1, -0.05) is 36.2 Å². The van der Waals surface area contributed by atoms with Crippen LogP contribution in [0.3, 0.4) is 0 Å². The predicted octanol–water partition coefficient (Wildman–Crippen LogP) is 4.11. The van der Waals surface area contributed by atoms with E-state index >= 15 is 0 Å². The van der Waals surface area contributed by atoms with Crippen LogP contribution in [0.2, 0.25) is 5.02 Å². The van der Waals surface area contributed by atoms with Crippen molar-refractivity contribution in [2.24, 2.45) is 0 Å². The lowest BCUT2D eigenvalue weighted by atomic mass is 10.1. The SMILES string of the molecule is Clc1ccccc1C(Cl)CN1CCCCC1. The molecule has 16 heavy (non-hydrogen) atoms. The maximum Gasteiger partial charge on any atom is 0.0726 e. The van der Waals surface area contributed by atoms with Gasteiger partial charge in [-0.2, -0.15) is 0 Å². The van der Waals surface area contributed by atoms with Gasteiger partial charge in [-0.05, 0) is 37.6 Å². The second-order valence-electron chi connectivity index (χ2n) is 4.35. The first-order valence-corrected chi connectivity index (χ1v) is 6.69. The van der Waals surface area contributed by atoms with Crippen LogP contribution < -0.4 is 0 Å². The number of halogens is 2. The van der Waals surface area contributed by atoms with Gasteiger partial charge >= 0.3 is 0 Å². The molecular formula is C13H17Cl2N. The largest absolute Gasteiger partial charge is 0.302 e. The second kappa shape index (κ2) is 5.90. The van der Waals surface area contributed by atoms with Crippen molar-refractivity contribution in [2.45, 2.75) is 24.6 Å². The number of likely N-dealkylation sites (tertiary alicyclic amines) is 1. The zero-order valence-electron chi connectivity index (χ0n) is 9.33. The quantitative estimate of drug-likeness (QED) is 0.737. The molecule has 0 spiro atoms. The molecule has 1 aliphatic rings. The minimum atomic E-state index is 0.00630. The molecule has 1 aliphatic heterocycles. The smallest absolute Gasteiger partial charge is 0.0726 e. The van der Waals surface area contributed by atoms with Crippen molar-refractivity contribution in [1.29, 1.82) is 0 Å². The van der Waals surface area contributed by atoms with Gasteiger partial charge < -0.3 is 4.90 Å². The van der Waals surface area contributed by atoms with E-state index in [9.17, 15) is 0 Å². The topological polar surface area (TPSA) is 3.24 Å². The summed E-state index contributed by atoms with van der Waals surface area (Å²) in [6, 6.07) is 7.86. The fourth-order valence-electron chi connectivity index (χ4n) is 2.20. The van der Waals surface area contributed by atoms with E-state index in [0.29, 0.717) is 0 Å². The van der Waals surface area contributed by atoms with Crippen LogP contribution in [0.15, 0.2) is 24.3 Å². The Labute approximate surface area is 107 Å². The average Bonchev–Trinajstić information content (AvgIpc) is 2.31. The zero-order chi connectivity index (χ0) is 11.4. The van der Waals surface area contributed by atoms with Gasteiger partial charge in [0, 0.05) is 11.6 Å². The van der Waals surface area contributed by atoms with Crippen molar-refractivity contribution in [1.82, 2.24) is 4.90 Å². The van der Waals surface area contributed by atoms with Crippen molar-refractivity contribution >= 4 is 23.2 Å². The highest BCUT2D eigenvalue weighted by Crippen LogP contribution is 2.28. The highest BCUT2D eigenvalue weighted by atomic mass is 35.5. The maximum absolute atomic E-state index is 6.42. The van der Waals surface area contributed by atoms with Crippen molar-refractivity contribution in [3.8, 4) is 0 Å². The molecule has 1 nitrogen and oxygen atoms in total. The van der Waals surface area contributed by atoms with Crippen LogP contribution in [0.1, 0.15) is 30.2 Å². The Balaban J connectivity index is 1.96. The fraction of sp³-hybridized carbons (Fsp3) is 0.538. The summed E-state index contributed by atoms with van der Waals surface area (Å²) in [4.78, 5) is 2.44. The highest BCUT2D eigenvalue weighted by molar-refractivity contribution is 6.32. The molecule has 1 saturated heterocycles. The van der Waals surface area contributed by atoms with Crippen molar-refractivity contribution in [3.05, 3.63) is 34.9 Å². The molecule has 0 saturated carbocycles. The van der Waals surface area contributed by atoms with Gasteiger partial charge in [0.2, 0.25) is 0 Å². The lowest BCUT2D eigenvalue weighted by Crippen LogP contribution is -2.32. The molecule has 2 rings (SSSR count). The normalized spacial score (nSPS) is 19.6. The predicted molar refractivity (Wildman–Crippen MR) is 70.3 cm³/mol. The second-order valence-corrected chi connectivity index (χ2v) is 5.28. The molecule has 1 atom stereocenters. The number of nitrogens with zero attached hydrogens (tertiary/aromatic N) is 1. The van der Waals surface area contributed by atoms with Gasteiger partial charge in [-0.25, -0.2) is 0 Å². The van der Waals surface area contributed by atoms with Crippen LogP contribution in [-0.4, -0.2) is 24.5 Å². The molecule has 1 aromatic carbocycles. The lowest BCUT2D eigenvalue weighted by Gasteiger charge is -2.28. The summed E-state index contributed by atoms with van der Waals surface area (Å²) in [5, 5.41) is 0.784. The van der Waals surface area contributed by atoms with E-state index in [-0.39, 0.29) is 5.38 Å². The molecule has 0 bridgehead atoms. The molecule has 1 unspecified atom stereocenters. The van der Waals surface area contributed by atoms with Crippen LogP contribution >= 0.6 is 23.2 Å². The van der Waals surface area contributed by atoms with Crippen LogP contribution in [0.4, 0.5) is 0 Å². The van der Waals surface area contributed by atoms with Gasteiger partial charge in [0.1, 0.15) is 0 Å². The molecule has 3 heteroatoms. The highest BCUT2D eigenvalue weighted by Gasteiger charge is 2.17. The third-order valence-corrected chi connectivity index (χ3v) is 3.83. The molecule has 0 aliphatic carbocycles. The molecule has 0 aromatic heterocycles. The van der Waals surface area contributed by atoms with Crippen molar-refractivity contribution in [3.63, 3.8) is 0 Å². The molecule has 1 fully saturated rings. The van der Waals surface area contributed by atoms with Gasteiger partial charge in [0.15, 0.2) is 0 Å². The Morgan fingerprint density at radius 2 is 1.81 bits per heavy atom. The van der Waals surface area contributed by atoms with Crippen molar-refractivity contribution < 1.29 is 0 Å². The number of piperidine rings is 1. The first kappa shape index (κ1) is 12.2. The Morgan fingerprint density at radius 3 is 2.50 bits per heavy atom. The number of alkyl halides is 1. The molecule has 0 radical (unpaired) electrons. The first-order valence-electron chi connectivity index (χ1n) is 5.88. The number of benzene rings is 1. The van der Waals surface area contributed by atoms with Crippen LogP contribution in [0.25, 0.3) is 0 Å². The number of hydrogen-bond donors (Lipinski definition) is 0. The molecule has 0 N–H and O–H groups in total. The Hall–Kier alpha value is -0.240. The fourth-order valence-corrected chi connectivity index (χ4v) is 2.90. The zero-order valence-corrected chi connectivity index (χ0v) is 10.8. The lowest BCUT2D eigenvalue weighted by molar-refractivity contribution is 0.229. The third-order valence-electron chi connectivity index (χ3n) is 3.11. The summed E-state index contributed by atoms with van der Waals surface area (Å²) in [6.07, 6.45) is 3.95. The van der Waals surface area contributed by atoms with E-state index in [1.54, 1.807) is 0 Å². The molecule has 88 valence electrons. The summed E-state index contributed by atoms with van der Waals surface area (Å²) in [5.74, 6) is 0. The summed E-state index contributed by atoms with van der Waals surface area (Å²) in [7, 11) is 0. The van der Waals surface area contributed by atoms with E-state index in [2.05, 4.69) is 4.90 Å². The van der Waals surface area contributed by atoms with Crippen LogP contribution in [-0.2, 0) is 0 Å². The molecule has 0 amide bonds. The first-order chi connectivity index (χ1) is 7.77. The Bertz CT molecular complexity index is 334. The van der Waals surface area contributed by atoms with Gasteiger partial charge in [0.25, 0.3) is 0 Å². The van der Waals surface area contributed by atoms with E-state index in [4.69, 9.17) is 23.2 Å². The van der Waals surface area contributed by atoms with E-state index < -0.39 is 0 Å². The summed E-state index contributed by atoms with van der Waals surface area (Å²) in [5.41, 5.74) is 1.05. The van der Waals surface area contributed by atoms with Crippen LogP contribution in [0, 0.1) is 0 Å². The number of rotatable bonds is 3. The maximum atomic E-state index is 6.42. The molecular weight excluding hydrogens is 241 g/mol. The van der Waals surface area contributed by atoms with Crippen LogP contribution in [0.5, 0.6) is 0 Å². The van der Waals surface area contributed by atoms with Gasteiger partial charge in [-0.15, -0.1) is 11.6 Å². The average molecular weight is 258 g/mol. The van der Waals surface area contributed by atoms with Crippen molar-refractivity contribution in [2.75, 3.05) is 19.6 Å². The molecule has 1 heterocycles. The minimum Gasteiger partial charge on any atom is -0.302 e. The summed E-state index contributed by atoms with van der Waals surface area (Å²) >= 11 is 12.6. The summed E-state index contributed by atoms with van der Waals surface area (Å²) < 4.78 is 0. The Morgan fingerprint density at radius 1 is 1.12 bits per heavy atom. The number of hydrogen-bond acceptors (Lipinski definition) is 1. The minimum absolute atomic E-state index is 0.00630. The summed E-state index contributed by atoms with van der Waals surface area (Å²) in [6.45, 7) is 3.26.